The molecule has 0 saturated carbocycles. The second-order valence-corrected chi connectivity index (χ2v) is 9.81. The second kappa shape index (κ2) is 8.90. The predicted molar refractivity (Wildman–Crippen MR) is 144 cm³/mol. The Morgan fingerprint density at radius 1 is 0.882 bits per heavy atom. The Labute approximate surface area is 211 Å². The number of nitrogens with one attached hydrogen (secondary N) is 1. The Bertz CT molecular complexity index is 1360. The highest BCUT2D eigenvalue weighted by atomic mass is 35.5. The molecular weight excluding hydrogens is 460 g/mol. The predicted octanol–water partition coefficient (Wildman–Crippen LogP) is 6.94. The summed E-state index contributed by atoms with van der Waals surface area (Å²) >= 11 is 12.3. The van der Waals surface area contributed by atoms with Gasteiger partial charge in [-0.1, -0.05) is 29.8 Å². The van der Waals surface area contributed by atoms with Crippen LogP contribution in [0.15, 0.2) is 72.9 Å². The molecule has 2 atom stereocenters. The van der Waals surface area contributed by atoms with Gasteiger partial charge in [0, 0.05) is 34.0 Å². The molecule has 1 N–H and O–H groups in total. The smallest absolute Gasteiger partial charge is 0.174 e. The fraction of sp³-hybridized carbons (Fsp3) is 0.214. The number of nitrogens with zero attached hydrogens (tertiary/aromatic N) is 3. The maximum atomic E-state index is 6.33. The van der Waals surface area contributed by atoms with E-state index in [0.717, 1.165) is 33.5 Å². The largest absolute Gasteiger partial charge is 0.351 e. The number of rotatable bonds is 4. The number of anilines is 1. The lowest BCUT2D eigenvalue weighted by atomic mass is 9.96. The SMILES string of the molecule is Cc1cc(C)cc(N2C(=S)N[C@@H](c3ccccn3)[C@H]2c2cc(C)n(-c3cccc(Cl)c3)c2C)c1. The zero-order chi connectivity index (χ0) is 24.0. The van der Waals surface area contributed by atoms with Crippen LogP contribution in [0.1, 0.15) is 45.9 Å². The third-order valence-corrected chi connectivity index (χ3v) is 6.99. The van der Waals surface area contributed by atoms with Gasteiger partial charge in [0.05, 0.1) is 17.8 Å². The van der Waals surface area contributed by atoms with Crippen molar-refractivity contribution in [2.24, 2.45) is 0 Å². The molecule has 5 rings (SSSR count). The number of thiocarbonyl (C=S) groups is 1. The van der Waals surface area contributed by atoms with E-state index < -0.39 is 0 Å². The number of hydrogen-bond acceptors (Lipinski definition) is 2. The highest BCUT2D eigenvalue weighted by Gasteiger charge is 2.42. The molecule has 34 heavy (non-hydrogen) atoms. The fourth-order valence-corrected chi connectivity index (χ4v) is 5.67. The minimum atomic E-state index is -0.0807. The van der Waals surface area contributed by atoms with Crippen molar-refractivity contribution in [1.82, 2.24) is 14.9 Å². The molecule has 2 aromatic carbocycles. The molecule has 4 aromatic rings. The minimum absolute atomic E-state index is 0.0530. The average Bonchev–Trinajstić information content (AvgIpc) is 3.29. The first-order valence-corrected chi connectivity index (χ1v) is 12.2. The summed E-state index contributed by atoms with van der Waals surface area (Å²) in [4.78, 5) is 6.94. The summed E-state index contributed by atoms with van der Waals surface area (Å²) in [7, 11) is 0. The van der Waals surface area contributed by atoms with E-state index in [4.69, 9.17) is 23.8 Å². The number of aryl methyl sites for hydroxylation is 3. The molecule has 0 bridgehead atoms. The lowest BCUT2D eigenvalue weighted by Gasteiger charge is -2.29. The van der Waals surface area contributed by atoms with Gasteiger partial charge < -0.3 is 14.8 Å². The van der Waals surface area contributed by atoms with E-state index in [-0.39, 0.29) is 12.1 Å². The average molecular weight is 487 g/mol. The molecule has 0 aliphatic carbocycles. The van der Waals surface area contributed by atoms with Gasteiger partial charge in [0.1, 0.15) is 0 Å². The summed E-state index contributed by atoms with van der Waals surface area (Å²) < 4.78 is 2.26. The molecule has 6 heteroatoms. The zero-order valence-corrected chi connectivity index (χ0v) is 21.3. The van der Waals surface area contributed by atoms with Crippen molar-refractivity contribution in [1.29, 1.82) is 0 Å². The summed E-state index contributed by atoms with van der Waals surface area (Å²) in [6, 6.07) is 22.7. The molecule has 4 nitrogen and oxygen atoms in total. The van der Waals surface area contributed by atoms with Crippen LogP contribution in [-0.4, -0.2) is 14.7 Å². The third-order valence-electron chi connectivity index (χ3n) is 6.44. The first-order valence-electron chi connectivity index (χ1n) is 11.4. The molecule has 0 spiro atoms. The molecule has 172 valence electrons. The summed E-state index contributed by atoms with van der Waals surface area (Å²) in [5.41, 5.74) is 9.04. The lowest BCUT2D eigenvalue weighted by molar-refractivity contribution is 0.565. The molecule has 1 aliphatic rings. The van der Waals surface area contributed by atoms with Gasteiger partial charge in [-0.15, -0.1) is 0 Å². The first kappa shape index (κ1) is 22.6. The molecule has 2 aromatic heterocycles. The normalized spacial score (nSPS) is 17.8. The van der Waals surface area contributed by atoms with E-state index in [0.29, 0.717) is 5.11 Å². The number of aromatic nitrogens is 2. The molecule has 0 unspecified atom stereocenters. The van der Waals surface area contributed by atoms with Crippen LogP contribution in [0.4, 0.5) is 5.69 Å². The van der Waals surface area contributed by atoms with Gasteiger partial charge in [-0.25, -0.2) is 0 Å². The van der Waals surface area contributed by atoms with Gasteiger partial charge in [-0.2, -0.15) is 0 Å². The lowest BCUT2D eigenvalue weighted by Crippen LogP contribution is -2.29. The van der Waals surface area contributed by atoms with Crippen molar-refractivity contribution < 1.29 is 0 Å². The van der Waals surface area contributed by atoms with Crippen molar-refractivity contribution in [3.63, 3.8) is 0 Å². The Morgan fingerprint density at radius 2 is 1.65 bits per heavy atom. The molecule has 0 radical (unpaired) electrons. The second-order valence-electron chi connectivity index (χ2n) is 8.98. The van der Waals surface area contributed by atoms with E-state index >= 15 is 0 Å². The van der Waals surface area contributed by atoms with Gasteiger partial charge in [0.25, 0.3) is 0 Å². The molecule has 3 heterocycles. The fourth-order valence-electron chi connectivity index (χ4n) is 5.14. The summed E-state index contributed by atoms with van der Waals surface area (Å²) in [5, 5.41) is 5.00. The van der Waals surface area contributed by atoms with Crippen LogP contribution in [0, 0.1) is 27.7 Å². The van der Waals surface area contributed by atoms with Crippen LogP contribution in [0.5, 0.6) is 0 Å². The van der Waals surface area contributed by atoms with Crippen molar-refractivity contribution in [2.75, 3.05) is 4.90 Å². The summed E-state index contributed by atoms with van der Waals surface area (Å²) in [6.45, 7) is 8.55. The van der Waals surface area contributed by atoms with E-state index in [1.54, 1.807) is 0 Å². The monoisotopic (exact) mass is 486 g/mol. The van der Waals surface area contributed by atoms with Gasteiger partial charge in [-0.05, 0) is 105 Å². The van der Waals surface area contributed by atoms with Crippen LogP contribution in [0.2, 0.25) is 5.02 Å². The van der Waals surface area contributed by atoms with E-state index in [2.05, 4.69) is 83.9 Å². The van der Waals surface area contributed by atoms with E-state index in [9.17, 15) is 0 Å². The Balaban J connectivity index is 1.70. The van der Waals surface area contributed by atoms with E-state index in [1.165, 1.54) is 16.7 Å². The Morgan fingerprint density at radius 3 is 2.32 bits per heavy atom. The highest BCUT2D eigenvalue weighted by molar-refractivity contribution is 7.80. The van der Waals surface area contributed by atoms with Crippen LogP contribution in [0.25, 0.3) is 5.69 Å². The van der Waals surface area contributed by atoms with Crippen LogP contribution >= 0.6 is 23.8 Å². The van der Waals surface area contributed by atoms with Crippen molar-refractivity contribution in [3.05, 3.63) is 112 Å². The number of pyridine rings is 1. The van der Waals surface area contributed by atoms with Gasteiger partial charge in [-0.3, -0.25) is 4.98 Å². The molecule has 0 amide bonds. The number of hydrogen-bond donors (Lipinski definition) is 1. The third kappa shape index (κ3) is 3.99. The van der Waals surface area contributed by atoms with Crippen molar-refractivity contribution in [2.45, 2.75) is 39.8 Å². The van der Waals surface area contributed by atoms with Gasteiger partial charge in [0.15, 0.2) is 5.11 Å². The standard InChI is InChI=1S/C28H27ClN4S/c1-17-12-18(2)14-23(13-17)33-27(26(31-28(33)34)25-10-5-6-11-30-25)24-15-19(3)32(20(24)4)22-9-7-8-21(29)16-22/h5-16,26-27H,1-4H3,(H,31,34)/t26-,27+/m0/s1. The van der Waals surface area contributed by atoms with Crippen LogP contribution < -0.4 is 10.2 Å². The summed E-state index contributed by atoms with van der Waals surface area (Å²) in [6.07, 6.45) is 1.84. The van der Waals surface area contributed by atoms with Gasteiger partial charge in [0.2, 0.25) is 0 Å². The summed E-state index contributed by atoms with van der Waals surface area (Å²) in [5.74, 6) is 0. The Hall–Kier alpha value is -3.15. The first-order chi connectivity index (χ1) is 16.3. The maximum Gasteiger partial charge on any atom is 0.174 e. The minimum Gasteiger partial charge on any atom is -0.351 e. The zero-order valence-electron chi connectivity index (χ0n) is 19.7. The van der Waals surface area contributed by atoms with Crippen LogP contribution in [-0.2, 0) is 0 Å². The Kier molecular flexibility index (Phi) is 5.92. The molecule has 1 fully saturated rings. The molecular formula is C28H27ClN4S. The highest BCUT2D eigenvalue weighted by Crippen LogP contribution is 2.44. The topological polar surface area (TPSA) is 33.1 Å². The van der Waals surface area contributed by atoms with E-state index in [1.807, 2.05) is 36.5 Å². The van der Waals surface area contributed by atoms with Crippen LogP contribution in [0.3, 0.4) is 0 Å². The molecule has 1 saturated heterocycles. The maximum absolute atomic E-state index is 6.33. The number of halogens is 1. The number of benzene rings is 2. The molecule has 1 aliphatic heterocycles. The quantitative estimate of drug-likeness (QED) is 0.317. The van der Waals surface area contributed by atoms with Gasteiger partial charge >= 0.3 is 0 Å². The van der Waals surface area contributed by atoms with Crippen molar-refractivity contribution >= 4 is 34.6 Å². The van der Waals surface area contributed by atoms with Crippen molar-refractivity contribution in [3.8, 4) is 5.69 Å².